The molecule has 29 heavy (non-hydrogen) atoms. The second-order valence-corrected chi connectivity index (χ2v) is 6.28. The van der Waals surface area contributed by atoms with E-state index < -0.39 is 5.56 Å². The van der Waals surface area contributed by atoms with Crippen LogP contribution in [-0.4, -0.2) is 22.8 Å². The fraction of sp³-hybridized carbons (Fsp3) is 0.182. The summed E-state index contributed by atoms with van der Waals surface area (Å²) in [5, 5.41) is 13.4. The molecule has 0 radical (unpaired) electrons. The Morgan fingerprint density at radius 1 is 1.21 bits per heavy atom. The minimum absolute atomic E-state index is 0.0355. The summed E-state index contributed by atoms with van der Waals surface area (Å²) in [7, 11) is 0. The van der Waals surface area contributed by atoms with Crippen LogP contribution in [0.1, 0.15) is 30.0 Å². The summed E-state index contributed by atoms with van der Waals surface area (Å²) in [5.41, 5.74) is 5.14. The lowest BCUT2D eigenvalue weighted by Gasteiger charge is -2.06. The van der Waals surface area contributed by atoms with E-state index in [0.717, 1.165) is 24.2 Å². The van der Waals surface area contributed by atoms with E-state index in [2.05, 4.69) is 27.4 Å². The van der Waals surface area contributed by atoms with E-state index in [4.69, 9.17) is 4.74 Å². The Labute approximate surface area is 168 Å². The molecule has 7 heteroatoms. The van der Waals surface area contributed by atoms with E-state index in [9.17, 15) is 10.1 Å². The molecule has 0 aliphatic heterocycles. The quantitative estimate of drug-likeness (QED) is 0.349. The zero-order valence-corrected chi connectivity index (χ0v) is 16.1. The SMILES string of the molecule is CCCOCc1ccc(C=NNc2nc(-c3ccccc3)c(C#N)c(=O)[nH]2)cc1. The molecule has 1 aromatic heterocycles. The van der Waals surface area contributed by atoms with Crippen LogP contribution in [0.4, 0.5) is 5.95 Å². The van der Waals surface area contributed by atoms with Crippen LogP contribution in [0, 0.1) is 11.3 Å². The highest BCUT2D eigenvalue weighted by molar-refractivity contribution is 5.80. The number of hydrazone groups is 1. The summed E-state index contributed by atoms with van der Waals surface area (Å²) in [5.74, 6) is 0.161. The number of H-pyrrole nitrogens is 1. The van der Waals surface area contributed by atoms with Gasteiger partial charge in [-0.2, -0.15) is 10.4 Å². The third-order valence-electron chi connectivity index (χ3n) is 4.06. The van der Waals surface area contributed by atoms with Crippen LogP contribution in [0.3, 0.4) is 0 Å². The molecule has 0 aliphatic rings. The fourth-order valence-electron chi connectivity index (χ4n) is 2.64. The van der Waals surface area contributed by atoms with Crippen LogP contribution in [0.5, 0.6) is 0 Å². The predicted octanol–water partition coefficient (Wildman–Crippen LogP) is 3.68. The Hall–Kier alpha value is -3.76. The molecule has 2 aromatic carbocycles. The number of rotatable bonds is 8. The van der Waals surface area contributed by atoms with E-state index >= 15 is 0 Å². The summed E-state index contributed by atoms with van der Waals surface area (Å²) in [6.45, 7) is 3.40. The van der Waals surface area contributed by atoms with Crippen molar-refractivity contribution in [2.45, 2.75) is 20.0 Å². The first-order chi connectivity index (χ1) is 14.2. The van der Waals surface area contributed by atoms with Gasteiger partial charge in [0.25, 0.3) is 5.56 Å². The molecule has 3 rings (SSSR count). The van der Waals surface area contributed by atoms with E-state index in [1.165, 1.54) is 0 Å². The number of anilines is 1. The molecule has 0 aliphatic carbocycles. The lowest BCUT2D eigenvalue weighted by molar-refractivity contribution is 0.121. The highest BCUT2D eigenvalue weighted by Crippen LogP contribution is 2.19. The van der Waals surface area contributed by atoms with Gasteiger partial charge in [0.05, 0.1) is 18.5 Å². The molecule has 2 N–H and O–H groups in total. The van der Waals surface area contributed by atoms with Crippen molar-refractivity contribution in [1.82, 2.24) is 9.97 Å². The number of aromatic amines is 1. The van der Waals surface area contributed by atoms with E-state index in [1.54, 1.807) is 18.3 Å². The third-order valence-corrected chi connectivity index (χ3v) is 4.06. The number of hydrogen-bond donors (Lipinski definition) is 2. The fourth-order valence-corrected chi connectivity index (χ4v) is 2.64. The predicted molar refractivity (Wildman–Crippen MR) is 113 cm³/mol. The summed E-state index contributed by atoms with van der Waals surface area (Å²) >= 11 is 0. The summed E-state index contributed by atoms with van der Waals surface area (Å²) in [4.78, 5) is 19.1. The van der Waals surface area contributed by atoms with Crippen LogP contribution in [0.25, 0.3) is 11.3 Å². The van der Waals surface area contributed by atoms with Crippen LogP contribution in [0.15, 0.2) is 64.5 Å². The second-order valence-electron chi connectivity index (χ2n) is 6.28. The van der Waals surface area contributed by atoms with Gasteiger partial charge in [0.1, 0.15) is 11.6 Å². The van der Waals surface area contributed by atoms with Crippen LogP contribution in [0.2, 0.25) is 0 Å². The molecule has 0 amide bonds. The lowest BCUT2D eigenvalue weighted by atomic mass is 10.1. The van der Waals surface area contributed by atoms with Gasteiger partial charge < -0.3 is 4.74 Å². The van der Waals surface area contributed by atoms with E-state index in [-0.39, 0.29) is 11.5 Å². The van der Waals surface area contributed by atoms with E-state index in [1.807, 2.05) is 48.5 Å². The Balaban J connectivity index is 1.73. The standard InChI is InChI=1S/C22H21N5O2/c1-2-12-29-15-17-10-8-16(9-11-17)14-24-27-22-25-20(18-6-4-3-5-7-18)19(13-23)21(28)26-22/h3-11,14H,2,12,15H2,1H3,(H2,25,26,27,28). The summed E-state index contributed by atoms with van der Waals surface area (Å²) < 4.78 is 5.51. The van der Waals surface area contributed by atoms with Gasteiger partial charge in [0.15, 0.2) is 0 Å². The Morgan fingerprint density at radius 3 is 2.66 bits per heavy atom. The highest BCUT2D eigenvalue weighted by atomic mass is 16.5. The van der Waals surface area contributed by atoms with Gasteiger partial charge in [0.2, 0.25) is 5.95 Å². The van der Waals surface area contributed by atoms with Crippen molar-refractivity contribution in [3.63, 3.8) is 0 Å². The molecule has 0 fully saturated rings. The second kappa shape index (κ2) is 9.97. The third kappa shape index (κ3) is 5.37. The maximum absolute atomic E-state index is 12.2. The van der Waals surface area contributed by atoms with Crippen LogP contribution < -0.4 is 11.0 Å². The van der Waals surface area contributed by atoms with Crippen molar-refractivity contribution in [3.05, 3.63) is 81.6 Å². The molecule has 0 saturated carbocycles. The van der Waals surface area contributed by atoms with Crippen molar-refractivity contribution in [3.8, 4) is 17.3 Å². The number of ether oxygens (including phenoxy) is 1. The van der Waals surface area contributed by atoms with Crippen molar-refractivity contribution in [2.24, 2.45) is 5.10 Å². The molecule has 0 saturated heterocycles. The van der Waals surface area contributed by atoms with Gasteiger partial charge >= 0.3 is 0 Å². The molecule has 0 unspecified atom stereocenters. The van der Waals surface area contributed by atoms with E-state index in [0.29, 0.717) is 17.9 Å². The van der Waals surface area contributed by atoms with Crippen LogP contribution >= 0.6 is 0 Å². The Bertz CT molecular complexity index is 1070. The van der Waals surface area contributed by atoms with Crippen LogP contribution in [-0.2, 0) is 11.3 Å². The Morgan fingerprint density at radius 2 is 1.97 bits per heavy atom. The zero-order chi connectivity index (χ0) is 20.5. The molecule has 0 atom stereocenters. The topological polar surface area (TPSA) is 103 Å². The monoisotopic (exact) mass is 387 g/mol. The lowest BCUT2D eigenvalue weighted by Crippen LogP contribution is -2.16. The van der Waals surface area contributed by atoms with Gasteiger partial charge in [-0.15, -0.1) is 0 Å². The first-order valence-electron chi connectivity index (χ1n) is 9.27. The summed E-state index contributed by atoms with van der Waals surface area (Å²) in [6.07, 6.45) is 2.62. The number of nitrogens with zero attached hydrogens (tertiary/aromatic N) is 3. The van der Waals surface area contributed by atoms with Crippen molar-refractivity contribution in [1.29, 1.82) is 5.26 Å². The average Bonchev–Trinajstić information content (AvgIpc) is 2.75. The normalized spacial score (nSPS) is 10.8. The molecular formula is C22H21N5O2. The molecule has 146 valence electrons. The van der Waals surface area contributed by atoms with Crippen molar-refractivity contribution < 1.29 is 4.74 Å². The molecule has 3 aromatic rings. The molecule has 7 nitrogen and oxygen atoms in total. The zero-order valence-electron chi connectivity index (χ0n) is 16.1. The first-order valence-corrected chi connectivity index (χ1v) is 9.27. The van der Waals surface area contributed by atoms with Gasteiger partial charge in [-0.1, -0.05) is 61.5 Å². The number of benzene rings is 2. The smallest absolute Gasteiger partial charge is 0.270 e. The van der Waals surface area contributed by atoms with Gasteiger partial charge in [-0.25, -0.2) is 10.4 Å². The maximum atomic E-state index is 12.2. The van der Waals surface area contributed by atoms with Gasteiger partial charge in [-0.3, -0.25) is 9.78 Å². The average molecular weight is 387 g/mol. The molecule has 1 heterocycles. The number of hydrogen-bond acceptors (Lipinski definition) is 6. The van der Waals surface area contributed by atoms with Gasteiger partial charge in [0, 0.05) is 12.2 Å². The van der Waals surface area contributed by atoms with Gasteiger partial charge in [-0.05, 0) is 17.5 Å². The minimum Gasteiger partial charge on any atom is -0.377 e. The molecular weight excluding hydrogens is 366 g/mol. The highest BCUT2D eigenvalue weighted by Gasteiger charge is 2.12. The first kappa shape index (κ1) is 20.0. The molecule has 0 bridgehead atoms. The van der Waals surface area contributed by atoms with Crippen molar-refractivity contribution in [2.75, 3.05) is 12.0 Å². The number of nitrogens with one attached hydrogen (secondary N) is 2. The maximum Gasteiger partial charge on any atom is 0.270 e. The number of nitriles is 1. The Kier molecular flexibility index (Phi) is 6.87. The minimum atomic E-state index is -0.518. The largest absolute Gasteiger partial charge is 0.377 e. The summed E-state index contributed by atoms with van der Waals surface area (Å²) in [6, 6.07) is 18.8. The van der Waals surface area contributed by atoms with Crippen molar-refractivity contribution >= 4 is 12.2 Å². The molecule has 0 spiro atoms. The number of aromatic nitrogens is 2.